The molecule has 2 N–H and O–H groups in total. The molecule has 0 saturated carbocycles. The summed E-state index contributed by atoms with van der Waals surface area (Å²) in [5.74, 6) is -0.527. The molecule has 1 fully saturated rings. The van der Waals surface area contributed by atoms with Crippen LogP contribution in [0.1, 0.15) is 35.5 Å². The number of benzene rings is 1. The Morgan fingerprint density at radius 2 is 2.12 bits per heavy atom. The topological polar surface area (TPSA) is 121 Å². The number of aromatic nitrogens is 2. The molecule has 10 nitrogen and oxygen atoms in total. The summed E-state index contributed by atoms with van der Waals surface area (Å²) >= 11 is 5.27. The number of nitrogens with one attached hydrogen (secondary N) is 2. The fraction of sp³-hybridized carbons (Fsp3) is 0.381. The molecule has 2 atom stereocenters. The van der Waals surface area contributed by atoms with E-state index in [1.54, 1.807) is 38.6 Å². The molecule has 1 aliphatic rings. The van der Waals surface area contributed by atoms with Gasteiger partial charge in [-0.15, -0.1) is 0 Å². The lowest BCUT2D eigenvalue weighted by molar-refractivity contribution is -0.386. The second kappa shape index (κ2) is 9.35. The van der Waals surface area contributed by atoms with E-state index in [1.807, 2.05) is 12.1 Å². The van der Waals surface area contributed by atoms with Crippen molar-refractivity contribution in [1.29, 1.82) is 0 Å². The first-order valence-electron chi connectivity index (χ1n) is 9.96. The predicted molar refractivity (Wildman–Crippen MR) is 121 cm³/mol. The fourth-order valence-corrected chi connectivity index (χ4v) is 4.11. The molecule has 0 unspecified atom stereocenters. The Morgan fingerprint density at radius 3 is 2.72 bits per heavy atom. The maximum atomic E-state index is 12.6. The average molecular weight is 460 g/mol. The molecule has 0 radical (unpaired) electrons. The summed E-state index contributed by atoms with van der Waals surface area (Å²) in [6.45, 7) is 9.43. The number of esters is 1. The Labute approximate surface area is 190 Å². The van der Waals surface area contributed by atoms with Crippen molar-refractivity contribution in [3.05, 3.63) is 63.1 Å². The van der Waals surface area contributed by atoms with Gasteiger partial charge in [0.15, 0.2) is 5.11 Å². The average Bonchev–Trinajstić information content (AvgIpc) is 3.00. The summed E-state index contributed by atoms with van der Waals surface area (Å²) in [4.78, 5) is 23.6. The molecular formula is C21H25N5O5S. The Kier molecular flexibility index (Phi) is 6.78. The van der Waals surface area contributed by atoms with Gasteiger partial charge in [0.05, 0.1) is 31.2 Å². The molecular weight excluding hydrogens is 434 g/mol. The van der Waals surface area contributed by atoms with Crippen LogP contribution in [0.5, 0.6) is 5.75 Å². The van der Waals surface area contributed by atoms with Crippen molar-refractivity contribution in [1.82, 2.24) is 20.4 Å². The standard InChI is InChI=1S/C21H25N5O5S/c1-6-31-20(27)17-11(2)22-21(32)23-18(17)14-7-8-16(30-5)15(9-14)10-25-13(4)19(26(28)29)12(3)24-25/h7-9,17-18H,2,6,10H2,1,3-5H3,(H2,22,23,32)/t17-,18-/m1/s1. The lowest BCUT2D eigenvalue weighted by Gasteiger charge is -2.35. The van der Waals surface area contributed by atoms with Gasteiger partial charge in [-0.2, -0.15) is 5.10 Å². The molecule has 11 heteroatoms. The van der Waals surface area contributed by atoms with Crippen LogP contribution in [0.25, 0.3) is 0 Å². The third-order valence-electron chi connectivity index (χ3n) is 5.32. The smallest absolute Gasteiger partial charge is 0.317 e. The third kappa shape index (κ3) is 4.42. The number of rotatable bonds is 7. The first-order valence-corrected chi connectivity index (χ1v) is 10.4. The van der Waals surface area contributed by atoms with E-state index >= 15 is 0 Å². The van der Waals surface area contributed by atoms with Gasteiger partial charge in [-0.25, -0.2) is 0 Å². The summed E-state index contributed by atoms with van der Waals surface area (Å²) in [5.41, 5.74) is 2.73. The summed E-state index contributed by atoms with van der Waals surface area (Å²) in [5, 5.41) is 22.1. The number of carbonyl (C=O) groups is 1. The van der Waals surface area contributed by atoms with Crippen molar-refractivity contribution in [2.24, 2.45) is 5.92 Å². The van der Waals surface area contributed by atoms with Crippen LogP contribution in [-0.2, 0) is 16.1 Å². The molecule has 0 aliphatic carbocycles. The number of ether oxygens (including phenoxy) is 2. The van der Waals surface area contributed by atoms with E-state index < -0.39 is 22.9 Å². The molecule has 1 aliphatic heterocycles. The number of carbonyl (C=O) groups excluding carboxylic acids is 1. The van der Waals surface area contributed by atoms with Crippen molar-refractivity contribution >= 4 is 29.0 Å². The molecule has 0 spiro atoms. The number of thiocarbonyl (C=S) groups is 1. The minimum atomic E-state index is -0.697. The first kappa shape index (κ1) is 23.2. The lowest BCUT2D eigenvalue weighted by Crippen LogP contribution is -2.51. The number of aryl methyl sites for hydroxylation is 1. The monoisotopic (exact) mass is 459 g/mol. The highest BCUT2D eigenvalue weighted by Crippen LogP contribution is 2.34. The molecule has 0 bridgehead atoms. The normalized spacial score (nSPS) is 18.0. The van der Waals surface area contributed by atoms with Gasteiger partial charge in [0, 0.05) is 11.3 Å². The van der Waals surface area contributed by atoms with E-state index in [0.717, 1.165) is 11.1 Å². The summed E-state index contributed by atoms with van der Waals surface area (Å²) in [6.07, 6.45) is 0. The summed E-state index contributed by atoms with van der Waals surface area (Å²) < 4.78 is 12.3. The van der Waals surface area contributed by atoms with Crippen molar-refractivity contribution in [3.63, 3.8) is 0 Å². The fourth-order valence-electron chi connectivity index (χ4n) is 3.85. The van der Waals surface area contributed by atoms with E-state index in [9.17, 15) is 14.9 Å². The number of nitrogens with zero attached hydrogens (tertiary/aromatic N) is 3. The van der Waals surface area contributed by atoms with Crippen LogP contribution in [0.3, 0.4) is 0 Å². The molecule has 2 aromatic rings. The highest BCUT2D eigenvalue weighted by atomic mass is 32.1. The number of hydrogen-bond acceptors (Lipinski definition) is 7. The minimum absolute atomic E-state index is 0.0100. The van der Waals surface area contributed by atoms with E-state index in [4.69, 9.17) is 21.7 Å². The Bertz CT molecular complexity index is 1100. The van der Waals surface area contributed by atoms with Crippen LogP contribution >= 0.6 is 12.2 Å². The van der Waals surface area contributed by atoms with Crippen LogP contribution in [-0.4, -0.2) is 39.5 Å². The van der Waals surface area contributed by atoms with Gasteiger partial charge in [-0.05, 0) is 50.7 Å². The van der Waals surface area contributed by atoms with Crippen molar-refractivity contribution in [2.45, 2.75) is 33.4 Å². The molecule has 1 saturated heterocycles. The predicted octanol–water partition coefficient (Wildman–Crippen LogP) is 2.68. The molecule has 3 rings (SSSR count). The Hall–Kier alpha value is -3.47. The molecule has 1 aromatic heterocycles. The second-order valence-electron chi connectivity index (χ2n) is 7.34. The molecule has 2 heterocycles. The maximum absolute atomic E-state index is 12.6. The zero-order valence-corrected chi connectivity index (χ0v) is 19.1. The molecule has 1 aromatic carbocycles. The lowest BCUT2D eigenvalue weighted by atomic mass is 9.88. The van der Waals surface area contributed by atoms with Gasteiger partial charge in [0.1, 0.15) is 23.1 Å². The van der Waals surface area contributed by atoms with E-state index in [-0.39, 0.29) is 18.8 Å². The number of nitro groups is 1. The van der Waals surface area contributed by atoms with Gasteiger partial charge in [-0.3, -0.25) is 19.6 Å². The Balaban J connectivity index is 2.02. The zero-order chi connectivity index (χ0) is 23.6. The molecule has 0 amide bonds. The number of hydrogen-bond donors (Lipinski definition) is 2. The highest BCUT2D eigenvalue weighted by molar-refractivity contribution is 7.80. The second-order valence-corrected chi connectivity index (χ2v) is 7.74. The largest absolute Gasteiger partial charge is 0.496 e. The van der Waals surface area contributed by atoms with Crippen LogP contribution in [0.2, 0.25) is 0 Å². The van der Waals surface area contributed by atoms with Crippen LogP contribution in [0.15, 0.2) is 30.5 Å². The SMILES string of the molecule is C=C1NC(=S)N[C@H](c2ccc(OC)c(Cn3nc(C)c([N+](=O)[O-])c3C)c2)[C@@H]1C(=O)OCC. The van der Waals surface area contributed by atoms with Gasteiger partial charge in [-0.1, -0.05) is 12.6 Å². The van der Waals surface area contributed by atoms with Gasteiger partial charge in [0.2, 0.25) is 0 Å². The van der Waals surface area contributed by atoms with Crippen molar-refractivity contribution < 1.29 is 19.2 Å². The molecule has 32 heavy (non-hydrogen) atoms. The minimum Gasteiger partial charge on any atom is -0.496 e. The van der Waals surface area contributed by atoms with Crippen molar-refractivity contribution in [2.75, 3.05) is 13.7 Å². The Morgan fingerprint density at radius 1 is 1.41 bits per heavy atom. The summed E-state index contributed by atoms with van der Waals surface area (Å²) in [7, 11) is 1.54. The zero-order valence-electron chi connectivity index (χ0n) is 18.3. The van der Waals surface area contributed by atoms with Crippen molar-refractivity contribution in [3.8, 4) is 5.75 Å². The van der Waals surface area contributed by atoms with E-state index in [2.05, 4.69) is 22.3 Å². The quantitative estimate of drug-likeness (QED) is 0.279. The van der Waals surface area contributed by atoms with Crippen LogP contribution in [0.4, 0.5) is 5.69 Å². The van der Waals surface area contributed by atoms with Crippen LogP contribution < -0.4 is 15.4 Å². The first-order chi connectivity index (χ1) is 15.2. The highest BCUT2D eigenvalue weighted by Gasteiger charge is 2.38. The van der Waals surface area contributed by atoms with Gasteiger partial charge >= 0.3 is 11.7 Å². The van der Waals surface area contributed by atoms with Gasteiger partial charge in [0.25, 0.3) is 0 Å². The van der Waals surface area contributed by atoms with Gasteiger partial charge < -0.3 is 20.1 Å². The third-order valence-corrected chi connectivity index (χ3v) is 5.54. The van der Waals surface area contributed by atoms with Crippen LogP contribution in [0, 0.1) is 29.9 Å². The maximum Gasteiger partial charge on any atom is 0.317 e. The molecule has 170 valence electrons. The van der Waals surface area contributed by atoms with E-state index in [1.165, 1.54) is 0 Å². The summed E-state index contributed by atoms with van der Waals surface area (Å²) in [6, 6.07) is 4.97. The number of methoxy groups -OCH3 is 1. The van der Waals surface area contributed by atoms with E-state index in [0.29, 0.717) is 27.9 Å².